The Morgan fingerprint density at radius 1 is 1.33 bits per heavy atom. The number of hydrogen-bond donors (Lipinski definition) is 2. The standard InChI is InChI=1S/C12H25N3/c1-15-6-2-11(3-7-15)8-14-10-12(9-13)4-5-12/h11,14H,2-10,13H2,1H3. The van der Waals surface area contributed by atoms with Crippen molar-refractivity contribution in [2.24, 2.45) is 17.1 Å². The summed E-state index contributed by atoms with van der Waals surface area (Å²) in [5.41, 5.74) is 6.25. The quantitative estimate of drug-likeness (QED) is 0.702. The van der Waals surface area contributed by atoms with Crippen molar-refractivity contribution < 1.29 is 0 Å². The van der Waals surface area contributed by atoms with Gasteiger partial charge in [0, 0.05) is 6.54 Å². The van der Waals surface area contributed by atoms with Crippen LogP contribution in [-0.2, 0) is 0 Å². The van der Waals surface area contributed by atoms with Crippen LogP contribution in [0.1, 0.15) is 25.7 Å². The third-order valence-corrected chi connectivity index (χ3v) is 4.16. The van der Waals surface area contributed by atoms with E-state index < -0.39 is 0 Å². The van der Waals surface area contributed by atoms with E-state index in [-0.39, 0.29) is 0 Å². The SMILES string of the molecule is CN1CCC(CNCC2(CN)CC2)CC1. The molecule has 88 valence electrons. The van der Waals surface area contributed by atoms with Crippen molar-refractivity contribution in [3.05, 3.63) is 0 Å². The van der Waals surface area contributed by atoms with Gasteiger partial charge in [-0.3, -0.25) is 0 Å². The number of rotatable bonds is 5. The second-order valence-corrected chi connectivity index (χ2v) is 5.58. The van der Waals surface area contributed by atoms with Crippen LogP contribution in [0.15, 0.2) is 0 Å². The molecule has 3 heteroatoms. The largest absolute Gasteiger partial charge is 0.330 e. The normalized spacial score (nSPS) is 26.8. The molecule has 0 aromatic heterocycles. The Morgan fingerprint density at radius 2 is 2.00 bits per heavy atom. The Labute approximate surface area is 93.4 Å². The second-order valence-electron chi connectivity index (χ2n) is 5.58. The van der Waals surface area contributed by atoms with E-state index in [2.05, 4.69) is 17.3 Å². The number of nitrogens with two attached hydrogens (primary N) is 1. The summed E-state index contributed by atoms with van der Waals surface area (Å²) in [6, 6.07) is 0. The lowest BCUT2D eigenvalue weighted by Crippen LogP contribution is -2.37. The molecule has 0 amide bonds. The zero-order valence-corrected chi connectivity index (χ0v) is 9.97. The average molecular weight is 211 g/mol. The molecule has 15 heavy (non-hydrogen) atoms. The molecule has 3 N–H and O–H groups in total. The second kappa shape index (κ2) is 4.81. The van der Waals surface area contributed by atoms with Crippen molar-refractivity contribution in [2.45, 2.75) is 25.7 Å². The lowest BCUT2D eigenvalue weighted by Gasteiger charge is -2.29. The fourth-order valence-corrected chi connectivity index (χ4v) is 2.44. The van der Waals surface area contributed by atoms with E-state index in [1.54, 1.807) is 0 Å². The first-order valence-electron chi connectivity index (χ1n) is 6.33. The molecule has 2 fully saturated rings. The number of piperidine rings is 1. The molecule has 1 saturated carbocycles. The lowest BCUT2D eigenvalue weighted by molar-refractivity contribution is 0.214. The minimum Gasteiger partial charge on any atom is -0.330 e. The van der Waals surface area contributed by atoms with Gasteiger partial charge in [-0.1, -0.05) is 0 Å². The van der Waals surface area contributed by atoms with E-state index in [9.17, 15) is 0 Å². The summed E-state index contributed by atoms with van der Waals surface area (Å²) in [5.74, 6) is 0.898. The van der Waals surface area contributed by atoms with Crippen molar-refractivity contribution in [3.63, 3.8) is 0 Å². The Kier molecular flexibility index (Phi) is 3.65. The average Bonchev–Trinajstić information content (AvgIpc) is 3.02. The Bertz CT molecular complexity index is 193. The van der Waals surface area contributed by atoms with Crippen molar-refractivity contribution in [1.82, 2.24) is 10.2 Å². The van der Waals surface area contributed by atoms with Gasteiger partial charge in [-0.05, 0) is 70.2 Å². The fraction of sp³-hybridized carbons (Fsp3) is 1.00. The first-order chi connectivity index (χ1) is 7.24. The minimum absolute atomic E-state index is 0.492. The third-order valence-electron chi connectivity index (χ3n) is 4.16. The molecule has 0 aromatic carbocycles. The monoisotopic (exact) mass is 211 g/mol. The van der Waals surface area contributed by atoms with Crippen LogP contribution in [0.4, 0.5) is 0 Å². The zero-order valence-electron chi connectivity index (χ0n) is 9.97. The highest BCUT2D eigenvalue weighted by atomic mass is 15.1. The van der Waals surface area contributed by atoms with Crippen molar-refractivity contribution in [2.75, 3.05) is 39.8 Å². The lowest BCUT2D eigenvalue weighted by atomic mass is 9.97. The predicted molar refractivity (Wildman–Crippen MR) is 63.8 cm³/mol. The minimum atomic E-state index is 0.492. The van der Waals surface area contributed by atoms with Gasteiger partial charge in [-0.15, -0.1) is 0 Å². The first kappa shape index (κ1) is 11.4. The van der Waals surface area contributed by atoms with Crippen LogP contribution in [0.2, 0.25) is 0 Å². The molecule has 0 unspecified atom stereocenters. The summed E-state index contributed by atoms with van der Waals surface area (Å²) in [4.78, 5) is 2.43. The van der Waals surface area contributed by atoms with E-state index in [0.29, 0.717) is 5.41 Å². The highest BCUT2D eigenvalue weighted by molar-refractivity contribution is 4.95. The van der Waals surface area contributed by atoms with Crippen LogP contribution in [0.3, 0.4) is 0 Å². The molecule has 1 saturated heterocycles. The van der Waals surface area contributed by atoms with Gasteiger partial charge in [0.25, 0.3) is 0 Å². The summed E-state index contributed by atoms with van der Waals surface area (Å²) in [5, 5.41) is 3.63. The molecule has 0 atom stereocenters. The van der Waals surface area contributed by atoms with E-state index in [1.807, 2.05) is 0 Å². The fourth-order valence-electron chi connectivity index (χ4n) is 2.44. The summed E-state index contributed by atoms with van der Waals surface area (Å²) < 4.78 is 0. The maximum absolute atomic E-state index is 5.76. The van der Waals surface area contributed by atoms with Crippen LogP contribution in [0.25, 0.3) is 0 Å². The van der Waals surface area contributed by atoms with Gasteiger partial charge in [0.1, 0.15) is 0 Å². The van der Waals surface area contributed by atoms with Gasteiger partial charge < -0.3 is 16.0 Å². The highest BCUT2D eigenvalue weighted by Gasteiger charge is 2.40. The summed E-state index contributed by atoms with van der Waals surface area (Å²) >= 11 is 0. The van der Waals surface area contributed by atoms with Crippen LogP contribution >= 0.6 is 0 Å². The molecule has 0 spiro atoms. The predicted octanol–water partition coefficient (Wildman–Crippen LogP) is 0.657. The maximum Gasteiger partial charge on any atom is 0.00200 e. The Balaban J connectivity index is 1.58. The summed E-state index contributed by atoms with van der Waals surface area (Å²) in [6.45, 7) is 5.77. The summed E-state index contributed by atoms with van der Waals surface area (Å²) in [7, 11) is 2.22. The van der Waals surface area contributed by atoms with Gasteiger partial charge in [-0.25, -0.2) is 0 Å². The van der Waals surface area contributed by atoms with Gasteiger partial charge in [0.05, 0.1) is 0 Å². The number of nitrogens with zero attached hydrogens (tertiary/aromatic N) is 1. The van der Waals surface area contributed by atoms with E-state index in [0.717, 1.165) is 19.0 Å². The smallest absolute Gasteiger partial charge is 0.00200 e. The molecule has 1 aliphatic heterocycles. The molecule has 2 aliphatic rings. The van der Waals surface area contributed by atoms with Crippen LogP contribution in [-0.4, -0.2) is 44.7 Å². The molecular formula is C12H25N3. The van der Waals surface area contributed by atoms with Crippen molar-refractivity contribution >= 4 is 0 Å². The van der Waals surface area contributed by atoms with Gasteiger partial charge in [-0.2, -0.15) is 0 Å². The molecule has 0 radical (unpaired) electrons. The van der Waals surface area contributed by atoms with Crippen molar-refractivity contribution in [3.8, 4) is 0 Å². The molecule has 0 bridgehead atoms. The van der Waals surface area contributed by atoms with Crippen LogP contribution < -0.4 is 11.1 Å². The molecular weight excluding hydrogens is 186 g/mol. The zero-order chi connectivity index (χ0) is 10.7. The van der Waals surface area contributed by atoms with E-state index >= 15 is 0 Å². The molecule has 2 rings (SSSR count). The molecule has 0 aromatic rings. The Morgan fingerprint density at radius 3 is 2.53 bits per heavy atom. The Hall–Kier alpha value is -0.120. The number of hydrogen-bond acceptors (Lipinski definition) is 3. The van der Waals surface area contributed by atoms with Gasteiger partial charge >= 0.3 is 0 Å². The van der Waals surface area contributed by atoms with Crippen molar-refractivity contribution in [1.29, 1.82) is 0 Å². The maximum atomic E-state index is 5.76. The van der Waals surface area contributed by atoms with Gasteiger partial charge in [0.15, 0.2) is 0 Å². The topological polar surface area (TPSA) is 41.3 Å². The van der Waals surface area contributed by atoms with E-state index in [1.165, 1.54) is 45.3 Å². The highest BCUT2D eigenvalue weighted by Crippen LogP contribution is 2.43. The van der Waals surface area contributed by atoms with E-state index in [4.69, 9.17) is 5.73 Å². The van der Waals surface area contributed by atoms with Crippen LogP contribution in [0.5, 0.6) is 0 Å². The van der Waals surface area contributed by atoms with Gasteiger partial charge in [0.2, 0.25) is 0 Å². The molecule has 1 aliphatic carbocycles. The first-order valence-corrected chi connectivity index (χ1v) is 6.33. The van der Waals surface area contributed by atoms with Crippen LogP contribution in [0, 0.1) is 11.3 Å². The summed E-state index contributed by atoms with van der Waals surface area (Å²) in [6.07, 6.45) is 5.39. The number of likely N-dealkylation sites (tertiary alicyclic amines) is 1. The molecule has 1 heterocycles. The number of nitrogens with one attached hydrogen (secondary N) is 1. The molecule has 3 nitrogen and oxygen atoms in total. The third kappa shape index (κ3) is 3.16.